The van der Waals surface area contributed by atoms with Crippen molar-refractivity contribution in [1.82, 2.24) is 4.90 Å². The summed E-state index contributed by atoms with van der Waals surface area (Å²) in [4.78, 5) is 2.42. The number of likely N-dealkylation sites (N-methyl/N-ethyl adjacent to an activating group) is 1. The van der Waals surface area contributed by atoms with E-state index in [4.69, 9.17) is 5.73 Å². The van der Waals surface area contributed by atoms with E-state index in [2.05, 4.69) is 45.9 Å². The fraction of sp³-hybridized carbons (Fsp3) is 1.00. The topological polar surface area (TPSA) is 29.3 Å². The Hall–Kier alpha value is 0.270. The molecule has 86 valence electrons. The van der Waals surface area contributed by atoms with Gasteiger partial charge < -0.3 is 5.73 Å². The molecule has 3 heteroatoms. The third-order valence-electron chi connectivity index (χ3n) is 3.53. The second-order valence-corrected chi connectivity index (χ2v) is 5.54. The molecule has 0 rings (SSSR count). The summed E-state index contributed by atoms with van der Waals surface area (Å²) < 4.78 is 0. The number of nitrogens with zero attached hydrogens (tertiary/aromatic N) is 1. The quantitative estimate of drug-likeness (QED) is 0.740. The molecule has 0 aromatic carbocycles. The predicted octanol–water partition coefficient (Wildman–Crippen LogP) is 2.04. The molecule has 0 aliphatic rings. The van der Waals surface area contributed by atoms with Crippen LogP contribution in [-0.4, -0.2) is 42.1 Å². The lowest BCUT2D eigenvalue weighted by molar-refractivity contribution is 0.0679. The van der Waals surface area contributed by atoms with Crippen molar-refractivity contribution in [1.29, 1.82) is 0 Å². The molecule has 2 atom stereocenters. The predicted molar refractivity (Wildman–Crippen MR) is 67.9 cm³/mol. The zero-order valence-corrected chi connectivity index (χ0v) is 11.3. The average molecular weight is 218 g/mol. The Kier molecular flexibility index (Phi) is 6.10. The molecule has 0 bridgehead atoms. The fourth-order valence-electron chi connectivity index (χ4n) is 1.64. The molecule has 0 fully saturated rings. The summed E-state index contributed by atoms with van der Waals surface area (Å²) in [6.45, 7) is 9.74. The first kappa shape index (κ1) is 14.3. The van der Waals surface area contributed by atoms with Gasteiger partial charge in [0.2, 0.25) is 0 Å². The summed E-state index contributed by atoms with van der Waals surface area (Å²) in [5, 5.41) is 0. The number of nitrogens with two attached hydrogens (primary N) is 1. The Labute approximate surface area is 93.6 Å². The maximum atomic E-state index is 5.89. The zero-order chi connectivity index (χ0) is 11.4. The van der Waals surface area contributed by atoms with Crippen molar-refractivity contribution in [2.75, 3.05) is 25.6 Å². The Bertz CT molecular complexity index is 161. The number of hydrogen-bond acceptors (Lipinski definition) is 3. The van der Waals surface area contributed by atoms with Crippen LogP contribution in [0.4, 0.5) is 0 Å². The summed E-state index contributed by atoms with van der Waals surface area (Å²) >= 11 is 1.89. The largest absolute Gasteiger partial charge is 0.329 e. The van der Waals surface area contributed by atoms with Gasteiger partial charge in [0.1, 0.15) is 0 Å². The monoisotopic (exact) mass is 218 g/mol. The van der Waals surface area contributed by atoms with E-state index in [0.717, 1.165) is 6.54 Å². The van der Waals surface area contributed by atoms with Crippen molar-refractivity contribution in [3.05, 3.63) is 0 Å². The van der Waals surface area contributed by atoms with Crippen LogP contribution in [-0.2, 0) is 0 Å². The molecule has 14 heavy (non-hydrogen) atoms. The molecular formula is C11H26N2S. The fourth-order valence-corrected chi connectivity index (χ4v) is 2.35. The summed E-state index contributed by atoms with van der Waals surface area (Å²) in [5.74, 6) is 1.75. The van der Waals surface area contributed by atoms with E-state index < -0.39 is 0 Å². The zero-order valence-electron chi connectivity index (χ0n) is 10.5. The normalized spacial score (nSPS) is 18.6. The van der Waals surface area contributed by atoms with Gasteiger partial charge in [-0.3, -0.25) is 4.90 Å². The lowest BCUT2D eigenvalue weighted by Gasteiger charge is -2.44. The first-order chi connectivity index (χ1) is 6.40. The lowest BCUT2D eigenvalue weighted by Crippen LogP contribution is -2.57. The van der Waals surface area contributed by atoms with Gasteiger partial charge in [-0.25, -0.2) is 0 Å². The molecule has 0 spiro atoms. The van der Waals surface area contributed by atoms with E-state index in [0.29, 0.717) is 12.0 Å². The molecule has 0 saturated heterocycles. The molecule has 0 amide bonds. The average Bonchev–Trinajstić information content (AvgIpc) is 2.15. The highest BCUT2D eigenvalue weighted by Gasteiger charge is 2.33. The lowest BCUT2D eigenvalue weighted by atomic mass is 9.86. The molecule has 2 N–H and O–H groups in total. The second kappa shape index (κ2) is 5.99. The van der Waals surface area contributed by atoms with E-state index in [9.17, 15) is 0 Å². The van der Waals surface area contributed by atoms with Crippen LogP contribution in [0.3, 0.4) is 0 Å². The van der Waals surface area contributed by atoms with E-state index in [1.54, 1.807) is 0 Å². The highest BCUT2D eigenvalue weighted by atomic mass is 32.2. The molecule has 0 aromatic heterocycles. The van der Waals surface area contributed by atoms with Crippen molar-refractivity contribution in [3.63, 3.8) is 0 Å². The molecule has 0 aliphatic heterocycles. The van der Waals surface area contributed by atoms with Crippen molar-refractivity contribution in [2.24, 2.45) is 11.7 Å². The molecule has 0 saturated carbocycles. The first-order valence-corrected chi connectivity index (χ1v) is 6.71. The van der Waals surface area contributed by atoms with Crippen LogP contribution in [0, 0.1) is 5.92 Å². The van der Waals surface area contributed by atoms with Gasteiger partial charge in [-0.15, -0.1) is 0 Å². The summed E-state index contributed by atoms with van der Waals surface area (Å²) in [6.07, 6.45) is 2.15. The van der Waals surface area contributed by atoms with E-state index in [-0.39, 0.29) is 5.54 Å². The van der Waals surface area contributed by atoms with Gasteiger partial charge in [0.05, 0.1) is 0 Å². The molecule has 0 aliphatic carbocycles. The van der Waals surface area contributed by atoms with Gasteiger partial charge in [-0.1, -0.05) is 13.8 Å². The van der Waals surface area contributed by atoms with Gasteiger partial charge in [-0.2, -0.15) is 11.8 Å². The van der Waals surface area contributed by atoms with Crippen molar-refractivity contribution in [3.8, 4) is 0 Å². The summed E-state index contributed by atoms with van der Waals surface area (Å²) in [7, 11) is 2.19. The van der Waals surface area contributed by atoms with Gasteiger partial charge in [0.25, 0.3) is 0 Å². The van der Waals surface area contributed by atoms with E-state index in [1.807, 2.05) is 11.8 Å². The van der Waals surface area contributed by atoms with Gasteiger partial charge in [0.15, 0.2) is 0 Å². The van der Waals surface area contributed by atoms with Crippen molar-refractivity contribution in [2.45, 2.75) is 39.3 Å². The summed E-state index contributed by atoms with van der Waals surface area (Å²) in [5.41, 5.74) is 6.01. The highest BCUT2D eigenvalue weighted by Crippen LogP contribution is 2.24. The third kappa shape index (κ3) is 3.14. The van der Waals surface area contributed by atoms with Gasteiger partial charge >= 0.3 is 0 Å². The van der Waals surface area contributed by atoms with Crippen LogP contribution < -0.4 is 5.73 Å². The minimum Gasteiger partial charge on any atom is -0.329 e. The minimum absolute atomic E-state index is 0.120. The Morgan fingerprint density at radius 1 is 1.36 bits per heavy atom. The third-order valence-corrected chi connectivity index (χ3v) is 4.35. The molecule has 0 heterocycles. The van der Waals surface area contributed by atoms with Gasteiger partial charge in [0, 0.05) is 23.9 Å². The van der Waals surface area contributed by atoms with Crippen LogP contribution in [0.25, 0.3) is 0 Å². The standard InChI is InChI=1S/C11H26N2S/c1-9(2)11(4,8-12)13(5)10(3)7-14-6/h9-10H,7-8,12H2,1-6H3. The molecule has 2 unspecified atom stereocenters. The Morgan fingerprint density at radius 3 is 2.14 bits per heavy atom. The van der Waals surface area contributed by atoms with Crippen molar-refractivity contribution >= 4 is 11.8 Å². The minimum atomic E-state index is 0.120. The molecule has 0 radical (unpaired) electrons. The Balaban J connectivity index is 4.51. The van der Waals surface area contributed by atoms with Crippen LogP contribution in [0.5, 0.6) is 0 Å². The van der Waals surface area contributed by atoms with Crippen molar-refractivity contribution < 1.29 is 0 Å². The van der Waals surface area contributed by atoms with E-state index in [1.165, 1.54) is 5.75 Å². The van der Waals surface area contributed by atoms with Gasteiger partial charge in [-0.05, 0) is 33.1 Å². The molecule has 2 nitrogen and oxygen atoms in total. The second-order valence-electron chi connectivity index (χ2n) is 4.63. The Morgan fingerprint density at radius 2 is 1.86 bits per heavy atom. The molecule has 0 aromatic rings. The van der Waals surface area contributed by atoms with Crippen LogP contribution in [0.1, 0.15) is 27.7 Å². The number of rotatable bonds is 6. The maximum absolute atomic E-state index is 5.89. The summed E-state index contributed by atoms with van der Waals surface area (Å²) in [6, 6.07) is 0.584. The van der Waals surface area contributed by atoms with Crippen LogP contribution >= 0.6 is 11.8 Å². The van der Waals surface area contributed by atoms with Crippen LogP contribution in [0.15, 0.2) is 0 Å². The SMILES string of the molecule is CSCC(C)N(C)C(C)(CN)C(C)C. The molecular weight excluding hydrogens is 192 g/mol. The van der Waals surface area contributed by atoms with E-state index >= 15 is 0 Å². The number of hydrogen-bond donors (Lipinski definition) is 1. The highest BCUT2D eigenvalue weighted by molar-refractivity contribution is 7.98. The number of thioether (sulfide) groups is 1. The van der Waals surface area contributed by atoms with Crippen LogP contribution in [0.2, 0.25) is 0 Å². The maximum Gasteiger partial charge on any atom is 0.0326 e. The smallest absolute Gasteiger partial charge is 0.0326 e. The first-order valence-electron chi connectivity index (χ1n) is 5.32.